The molecule has 0 spiro atoms. The van der Waals surface area contributed by atoms with Gasteiger partial charge in [0.25, 0.3) is 5.92 Å². The average molecular weight is 330 g/mol. The van der Waals surface area contributed by atoms with Gasteiger partial charge in [0.15, 0.2) is 0 Å². The van der Waals surface area contributed by atoms with E-state index in [0.717, 1.165) is 5.56 Å². The van der Waals surface area contributed by atoms with E-state index in [1.165, 1.54) is 12.1 Å². The molecular weight excluding hydrogens is 306 g/mol. The SMILES string of the molecule is CC(NCC(F)(F)CNC(=O)OC(C)(C)C)c1ccc(O)cc1. The standard InChI is InChI=1S/C16H24F2N2O3/c1-11(12-5-7-13(21)8-6-12)19-9-16(17,18)10-20-14(22)23-15(2,3)4/h5-8,11,19,21H,9-10H2,1-4H3,(H,20,22). The number of phenolic OH excluding ortho intramolecular Hbond substituents is 1. The van der Waals surface area contributed by atoms with Gasteiger partial charge in [0.05, 0.1) is 13.1 Å². The predicted octanol–water partition coefficient (Wildman–Crippen LogP) is 3.20. The van der Waals surface area contributed by atoms with Gasteiger partial charge in [-0.15, -0.1) is 0 Å². The van der Waals surface area contributed by atoms with E-state index < -0.39 is 30.7 Å². The minimum absolute atomic E-state index is 0.118. The number of halogens is 2. The highest BCUT2D eigenvalue weighted by molar-refractivity contribution is 5.67. The van der Waals surface area contributed by atoms with Gasteiger partial charge in [0.2, 0.25) is 0 Å². The van der Waals surface area contributed by atoms with Gasteiger partial charge in [-0.2, -0.15) is 0 Å². The van der Waals surface area contributed by atoms with Crippen molar-refractivity contribution in [1.29, 1.82) is 0 Å². The molecule has 0 aliphatic rings. The summed E-state index contributed by atoms with van der Waals surface area (Å²) in [6, 6.07) is 5.99. The zero-order valence-electron chi connectivity index (χ0n) is 13.8. The Labute approximate surface area is 135 Å². The van der Waals surface area contributed by atoms with E-state index in [0.29, 0.717) is 0 Å². The van der Waals surface area contributed by atoms with Crippen LogP contribution in [0.15, 0.2) is 24.3 Å². The Hall–Kier alpha value is -1.89. The second-order valence-corrected chi connectivity index (χ2v) is 6.41. The van der Waals surface area contributed by atoms with Crippen LogP contribution in [-0.4, -0.2) is 35.8 Å². The van der Waals surface area contributed by atoms with E-state index in [4.69, 9.17) is 4.74 Å². The van der Waals surface area contributed by atoms with Gasteiger partial charge in [-0.1, -0.05) is 12.1 Å². The second-order valence-electron chi connectivity index (χ2n) is 6.41. The van der Waals surface area contributed by atoms with E-state index in [1.807, 2.05) is 0 Å². The van der Waals surface area contributed by atoms with Crippen molar-refractivity contribution in [3.63, 3.8) is 0 Å². The molecule has 1 aromatic carbocycles. The average Bonchev–Trinajstić information content (AvgIpc) is 2.42. The molecule has 1 unspecified atom stereocenters. The number of amides is 1. The van der Waals surface area contributed by atoms with Crippen molar-refractivity contribution in [2.75, 3.05) is 13.1 Å². The molecule has 0 saturated carbocycles. The minimum atomic E-state index is -3.11. The molecule has 7 heteroatoms. The zero-order valence-corrected chi connectivity index (χ0v) is 13.8. The molecule has 1 rings (SSSR count). The van der Waals surface area contributed by atoms with Crippen LogP contribution in [0.2, 0.25) is 0 Å². The number of nitrogens with one attached hydrogen (secondary N) is 2. The number of benzene rings is 1. The third kappa shape index (κ3) is 7.78. The molecule has 130 valence electrons. The third-order valence-corrected chi connectivity index (χ3v) is 2.95. The van der Waals surface area contributed by atoms with Crippen LogP contribution in [0.1, 0.15) is 39.3 Å². The number of ether oxygens (including phenoxy) is 1. The predicted molar refractivity (Wildman–Crippen MR) is 83.7 cm³/mol. The maximum atomic E-state index is 13.8. The molecule has 0 heterocycles. The summed E-state index contributed by atoms with van der Waals surface area (Å²) in [7, 11) is 0. The fourth-order valence-electron chi connectivity index (χ4n) is 1.76. The first-order valence-electron chi connectivity index (χ1n) is 7.35. The molecular formula is C16H24F2N2O3. The van der Waals surface area contributed by atoms with Crippen molar-refractivity contribution in [3.05, 3.63) is 29.8 Å². The largest absolute Gasteiger partial charge is 0.508 e. The summed E-state index contributed by atoms with van der Waals surface area (Å²) in [6.07, 6.45) is -0.872. The van der Waals surface area contributed by atoms with Gasteiger partial charge < -0.3 is 20.5 Å². The number of carbonyl (C=O) groups is 1. The van der Waals surface area contributed by atoms with Crippen LogP contribution in [0.4, 0.5) is 13.6 Å². The van der Waals surface area contributed by atoms with Crippen molar-refractivity contribution in [3.8, 4) is 5.75 Å². The first kappa shape index (κ1) is 19.2. The van der Waals surface area contributed by atoms with E-state index in [2.05, 4.69) is 10.6 Å². The first-order chi connectivity index (χ1) is 10.5. The van der Waals surface area contributed by atoms with Crippen molar-refractivity contribution >= 4 is 6.09 Å². The Balaban J connectivity index is 2.42. The van der Waals surface area contributed by atoms with Gasteiger partial charge in [0, 0.05) is 6.04 Å². The lowest BCUT2D eigenvalue weighted by atomic mass is 10.1. The Morgan fingerprint density at radius 2 is 1.78 bits per heavy atom. The summed E-state index contributed by atoms with van der Waals surface area (Å²) in [4.78, 5) is 11.4. The van der Waals surface area contributed by atoms with Gasteiger partial charge in [-0.05, 0) is 45.4 Å². The molecule has 1 aromatic rings. The van der Waals surface area contributed by atoms with Crippen LogP contribution >= 0.6 is 0 Å². The summed E-state index contributed by atoms with van der Waals surface area (Å²) < 4.78 is 32.5. The summed E-state index contributed by atoms with van der Waals surface area (Å²) >= 11 is 0. The molecule has 0 bridgehead atoms. The zero-order chi connectivity index (χ0) is 17.7. The van der Waals surface area contributed by atoms with Gasteiger partial charge in [-0.3, -0.25) is 0 Å². The van der Waals surface area contributed by atoms with Crippen LogP contribution in [0, 0.1) is 0 Å². The minimum Gasteiger partial charge on any atom is -0.508 e. The highest BCUT2D eigenvalue weighted by Gasteiger charge is 2.30. The van der Waals surface area contributed by atoms with E-state index >= 15 is 0 Å². The van der Waals surface area contributed by atoms with Crippen molar-refractivity contribution in [2.24, 2.45) is 0 Å². The monoisotopic (exact) mass is 330 g/mol. The quantitative estimate of drug-likeness (QED) is 0.749. The molecule has 0 aliphatic carbocycles. The smallest absolute Gasteiger partial charge is 0.407 e. The van der Waals surface area contributed by atoms with Crippen molar-refractivity contribution in [1.82, 2.24) is 10.6 Å². The second kappa shape index (κ2) is 7.59. The molecule has 0 radical (unpaired) electrons. The molecule has 23 heavy (non-hydrogen) atoms. The molecule has 1 atom stereocenters. The van der Waals surface area contributed by atoms with Crippen LogP contribution in [0.5, 0.6) is 5.75 Å². The van der Waals surface area contributed by atoms with E-state index in [-0.39, 0.29) is 11.8 Å². The van der Waals surface area contributed by atoms with Crippen molar-refractivity contribution < 1.29 is 23.4 Å². The number of phenols is 1. The van der Waals surface area contributed by atoms with E-state index in [9.17, 15) is 18.7 Å². The number of alkyl carbamates (subject to hydrolysis) is 1. The molecule has 3 N–H and O–H groups in total. The fraction of sp³-hybridized carbons (Fsp3) is 0.562. The lowest BCUT2D eigenvalue weighted by molar-refractivity contribution is -0.00525. The number of carbonyl (C=O) groups excluding carboxylic acids is 1. The third-order valence-electron chi connectivity index (χ3n) is 2.95. The fourth-order valence-corrected chi connectivity index (χ4v) is 1.76. The molecule has 0 aliphatic heterocycles. The number of hydrogen-bond acceptors (Lipinski definition) is 4. The lowest BCUT2D eigenvalue weighted by Gasteiger charge is -2.23. The van der Waals surface area contributed by atoms with Crippen molar-refractivity contribution in [2.45, 2.75) is 45.3 Å². The van der Waals surface area contributed by atoms with Crippen LogP contribution in [-0.2, 0) is 4.74 Å². The number of alkyl halides is 2. The van der Waals surface area contributed by atoms with Crippen LogP contribution in [0.25, 0.3) is 0 Å². The Morgan fingerprint density at radius 3 is 2.30 bits per heavy atom. The van der Waals surface area contributed by atoms with Gasteiger partial charge in [0.1, 0.15) is 11.4 Å². The Bertz CT molecular complexity index is 513. The number of aromatic hydroxyl groups is 1. The first-order valence-corrected chi connectivity index (χ1v) is 7.35. The normalized spacial score (nSPS) is 13.5. The maximum Gasteiger partial charge on any atom is 0.407 e. The lowest BCUT2D eigenvalue weighted by Crippen LogP contribution is -2.45. The Morgan fingerprint density at radius 1 is 1.22 bits per heavy atom. The summed E-state index contributed by atoms with van der Waals surface area (Å²) in [5.41, 5.74) is 0.0454. The van der Waals surface area contributed by atoms with Gasteiger partial charge >= 0.3 is 6.09 Å². The summed E-state index contributed by atoms with van der Waals surface area (Å²) in [6.45, 7) is 5.31. The highest BCUT2D eigenvalue weighted by atomic mass is 19.3. The molecule has 1 amide bonds. The van der Waals surface area contributed by atoms with Gasteiger partial charge in [-0.25, -0.2) is 13.6 Å². The molecule has 0 fully saturated rings. The summed E-state index contributed by atoms with van der Waals surface area (Å²) in [5, 5.41) is 14.0. The number of hydrogen-bond donors (Lipinski definition) is 3. The molecule has 5 nitrogen and oxygen atoms in total. The molecule has 0 saturated heterocycles. The maximum absolute atomic E-state index is 13.8. The van der Waals surface area contributed by atoms with Crippen LogP contribution < -0.4 is 10.6 Å². The highest BCUT2D eigenvalue weighted by Crippen LogP contribution is 2.18. The summed E-state index contributed by atoms with van der Waals surface area (Å²) in [5.74, 6) is -2.99. The van der Waals surface area contributed by atoms with E-state index in [1.54, 1.807) is 39.8 Å². The molecule has 0 aromatic heterocycles. The van der Waals surface area contributed by atoms with Crippen LogP contribution in [0.3, 0.4) is 0 Å². The Kier molecular flexibility index (Phi) is 6.32. The number of rotatable bonds is 6. The topological polar surface area (TPSA) is 70.6 Å².